The van der Waals surface area contributed by atoms with Crippen LogP contribution in [0.4, 0.5) is 0 Å². The second-order valence-electron chi connectivity index (χ2n) is 6.84. The molecule has 1 aromatic rings. The second kappa shape index (κ2) is 8.62. The fraction of sp³-hybridized carbons (Fsp3) is 0.778. The van der Waals surface area contributed by atoms with E-state index in [0.717, 1.165) is 44.6 Å². The van der Waals surface area contributed by atoms with Crippen LogP contribution in [0.3, 0.4) is 0 Å². The Kier molecular flexibility index (Phi) is 6.80. The summed E-state index contributed by atoms with van der Waals surface area (Å²) >= 11 is 0. The molecular formula is C18H31N3O3. The first-order valence-electron chi connectivity index (χ1n) is 9.13. The van der Waals surface area contributed by atoms with Crippen molar-refractivity contribution in [3.05, 3.63) is 17.5 Å². The zero-order valence-electron chi connectivity index (χ0n) is 15.2. The van der Waals surface area contributed by atoms with E-state index in [1.165, 1.54) is 0 Å². The number of hydrogen-bond acceptors (Lipinski definition) is 4. The van der Waals surface area contributed by atoms with Gasteiger partial charge in [-0.15, -0.1) is 0 Å². The van der Waals surface area contributed by atoms with Crippen molar-refractivity contribution < 1.29 is 14.6 Å². The van der Waals surface area contributed by atoms with Crippen molar-refractivity contribution in [2.24, 2.45) is 0 Å². The summed E-state index contributed by atoms with van der Waals surface area (Å²) in [5.74, 6) is -0.156. The van der Waals surface area contributed by atoms with Gasteiger partial charge >= 0.3 is 0 Å². The Morgan fingerprint density at radius 2 is 2.00 bits per heavy atom. The lowest BCUT2D eigenvalue weighted by Crippen LogP contribution is -2.43. The molecule has 0 saturated carbocycles. The number of carbonyl (C=O) groups is 1. The molecular weight excluding hydrogens is 306 g/mol. The molecule has 1 amide bonds. The molecule has 2 rings (SSSR count). The van der Waals surface area contributed by atoms with Crippen LogP contribution in [0.15, 0.2) is 6.20 Å². The highest BCUT2D eigenvalue weighted by atomic mass is 16.5. The number of nitrogens with one attached hydrogen (secondary N) is 1. The summed E-state index contributed by atoms with van der Waals surface area (Å²) < 4.78 is 7.34. The second-order valence-corrected chi connectivity index (χ2v) is 6.84. The molecule has 24 heavy (non-hydrogen) atoms. The van der Waals surface area contributed by atoms with Gasteiger partial charge in [-0.1, -0.05) is 26.7 Å². The molecule has 0 radical (unpaired) electrons. The Morgan fingerprint density at radius 1 is 1.38 bits per heavy atom. The average Bonchev–Trinajstić information content (AvgIpc) is 2.96. The Labute approximate surface area is 144 Å². The molecule has 1 aromatic heterocycles. The molecule has 6 nitrogen and oxygen atoms in total. The standard InChI is InChI=1S/C18H31N3O3/c1-4-8-18(23,9-5-2)13-19-17(22)16-12-20-21(14(16)3)15-6-10-24-11-7-15/h12,15,23H,4-11,13H2,1-3H3,(H,19,22). The maximum Gasteiger partial charge on any atom is 0.254 e. The molecule has 1 saturated heterocycles. The number of nitrogens with zero attached hydrogens (tertiary/aromatic N) is 2. The Balaban J connectivity index is 2.00. The minimum absolute atomic E-state index is 0.156. The Morgan fingerprint density at radius 3 is 2.58 bits per heavy atom. The summed E-state index contributed by atoms with van der Waals surface area (Å²) in [6.45, 7) is 7.80. The molecule has 0 spiro atoms. The molecule has 0 unspecified atom stereocenters. The largest absolute Gasteiger partial charge is 0.388 e. The van der Waals surface area contributed by atoms with Gasteiger partial charge in [0.1, 0.15) is 0 Å². The fourth-order valence-corrected chi connectivity index (χ4v) is 3.52. The number of hydrogen-bond donors (Lipinski definition) is 2. The molecule has 0 bridgehead atoms. The monoisotopic (exact) mass is 337 g/mol. The van der Waals surface area contributed by atoms with E-state index in [2.05, 4.69) is 10.4 Å². The van der Waals surface area contributed by atoms with Crippen molar-refractivity contribution in [2.75, 3.05) is 19.8 Å². The third-order valence-corrected chi connectivity index (χ3v) is 4.83. The lowest BCUT2D eigenvalue weighted by molar-refractivity contribution is 0.0213. The van der Waals surface area contributed by atoms with Crippen LogP contribution in [0.2, 0.25) is 0 Å². The quantitative estimate of drug-likeness (QED) is 0.764. The number of rotatable bonds is 8. The third kappa shape index (κ3) is 4.57. The number of aromatic nitrogens is 2. The van der Waals surface area contributed by atoms with Crippen molar-refractivity contribution in [3.63, 3.8) is 0 Å². The fourth-order valence-electron chi connectivity index (χ4n) is 3.52. The van der Waals surface area contributed by atoms with Crippen LogP contribution < -0.4 is 5.32 Å². The SMILES string of the molecule is CCCC(O)(CCC)CNC(=O)c1cnn(C2CCOCC2)c1C. The maximum absolute atomic E-state index is 12.5. The highest BCUT2D eigenvalue weighted by molar-refractivity contribution is 5.95. The molecule has 136 valence electrons. The molecule has 6 heteroatoms. The van der Waals surface area contributed by atoms with E-state index in [-0.39, 0.29) is 12.5 Å². The smallest absolute Gasteiger partial charge is 0.254 e. The van der Waals surface area contributed by atoms with Crippen LogP contribution in [0.25, 0.3) is 0 Å². The van der Waals surface area contributed by atoms with E-state index >= 15 is 0 Å². The highest BCUT2D eigenvalue weighted by Gasteiger charge is 2.27. The van der Waals surface area contributed by atoms with Crippen molar-refractivity contribution in [2.45, 2.75) is 70.9 Å². The molecule has 0 atom stereocenters. The van der Waals surface area contributed by atoms with Gasteiger partial charge in [0.2, 0.25) is 0 Å². The van der Waals surface area contributed by atoms with E-state index in [1.54, 1.807) is 6.20 Å². The first kappa shape index (κ1) is 18.9. The number of amides is 1. The summed E-state index contributed by atoms with van der Waals surface area (Å²) in [4.78, 5) is 12.5. The van der Waals surface area contributed by atoms with Gasteiger partial charge in [-0.2, -0.15) is 5.10 Å². The van der Waals surface area contributed by atoms with Gasteiger partial charge in [-0.05, 0) is 32.6 Å². The zero-order chi connectivity index (χ0) is 17.6. The third-order valence-electron chi connectivity index (χ3n) is 4.83. The van der Waals surface area contributed by atoms with E-state index in [1.807, 2.05) is 25.5 Å². The van der Waals surface area contributed by atoms with Gasteiger partial charge < -0.3 is 15.2 Å². The predicted molar refractivity (Wildman–Crippen MR) is 93.2 cm³/mol. The van der Waals surface area contributed by atoms with Gasteiger partial charge in [0, 0.05) is 25.5 Å². The first-order valence-corrected chi connectivity index (χ1v) is 9.13. The molecule has 1 aliphatic rings. The number of aliphatic hydroxyl groups is 1. The molecule has 2 N–H and O–H groups in total. The first-order chi connectivity index (χ1) is 11.5. The lowest BCUT2D eigenvalue weighted by Gasteiger charge is -2.27. The number of ether oxygens (including phenoxy) is 1. The predicted octanol–water partition coefficient (Wildman–Crippen LogP) is 2.60. The van der Waals surface area contributed by atoms with Gasteiger partial charge in [-0.3, -0.25) is 9.48 Å². The number of carbonyl (C=O) groups excluding carboxylic acids is 1. The topological polar surface area (TPSA) is 76.4 Å². The highest BCUT2D eigenvalue weighted by Crippen LogP contribution is 2.23. The molecule has 1 aliphatic heterocycles. The molecule has 0 aromatic carbocycles. The van der Waals surface area contributed by atoms with E-state index in [9.17, 15) is 9.90 Å². The minimum Gasteiger partial charge on any atom is -0.388 e. The normalized spacial score (nSPS) is 16.3. The van der Waals surface area contributed by atoms with E-state index in [4.69, 9.17) is 4.74 Å². The van der Waals surface area contributed by atoms with Gasteiger partial charge in [0.05, 0.1) is 23.4 Å². The van der Waals surface area contributed by atoms with Crippen LogP contribution in [0.1, 0.15) is 74.5 Å². The summed E-state index contributed by atoms with van der Waals surface area (Å²) in [6.07, 6.45) is 6.68. The van der Waals surface area contributed by atoms with Crippen LogP contribution in [0.5, 0.6) is 0 Å². The summed E-state index contributed by atoms with van der Waals surface area (Å²) in [6, 6.07) is 0.303. The maximum atomic E-state index is 12.5. The van der Waals surface area contributed by atoms with E-state index in [0.29, 0.717) is 24.4 Å². The van der Waals surface area contributed by atoms with Crippen molar-refractivity contribution in [1.29, 1.82) is 0 Å². The van der Waals surface area contributed by atoms with Gasteiger partial charge in [-0.25, -0.2) is 0 Å². The van der Waals surface area contributed by atoms with Crippen LogP contribution >= 0.6 is 0 Å². The molecule has 1 fully saturated rings. The molecule has 2 heterocycles. The van der Waals surface area contributed by atoms with Crippen LogP contribution in [-0.4, -0.2) is 46.2 Å². The van der Waals surface area contributed by atoms with E-state index < -0.39 is 5.60 Å². The Hall–Kier alpha value is -1.40. The Bertz CT molecular complexity index is 530. The zero-order valence-corrected chi connectivity index (χ0v) is 15.2. The summed E-state index contributed by atoms with van der Waals surface area (Å²) in [5.41, 5.74) is 0.662. The summed E-state index contributed by atoms with van der Waals surface area (Å²) in [7, 11) is 0. The van der Waals surface area contributed by atoms with Crippen LogP contribution in [0, 0.1) is 6.92 Å². The van der Waals surface area contributed by atoms with Gasteiger partial charge in [0.15, 0.2) is 0 Å². The van der Waals surface area contributed by atoms with Crippen LogP contribution in [-0.2, 0) is 4.74 Å². The summed E-state index contributed by atoms with van der Waals surface area (Å²) in [5, 5.41) is 18.0. The van der Waals surface area contributed by atoms with Crippen molar-refractivity contribution in [3.8, 4) is 0 Å². The van der Waals surface area contributed by atoms with Crippen molar-refractivity contribution >= 4 is 5.91 Å². The minimum atomic E-state index is -0.816. The lowest BCUT2D eigenvalue weighted by atomic mass is 9.92. The van der Waals surface area contributed by atoms with Crippen molar-refractivity contribution in [1.82, 2.24) is 15.1 Å². The van der Waals surface area contributed by atoms with Gasteiger partial charge in [0.25, 0.3) is 5.91 Å². The average molecular weight is 337 g/mol. The molecule has 0 aliphatic carbocycles.